The van der Waals surface area contributed by atoms with Crippen molar-refractivity contribution in [2.45, 2.75) is 50.8 Å². The highest BCUT2D eigenvalue weighted by Gasteiger charge is 2.50. The van der Waals surface area contributed by atoms with Crippen LogP contribution in [0.25, 0.3) is 0 Å². The first-order chi connectivity index (χ1) is 9.25. The molecule has 0 aliphatic carbocycles. The highest BCUT2D eigenvalue weighted by molar-refractivity contribution is 5.83. The standard InChI is InChI=1S/C15H22N2O2/c18-14-6-3-5-12-10-8-11(15(19)17(12)14)13-4-1-2-7-16(13)9-10/h5,10-11,13-14,18H,1-4,6-9H2/t10-,11+,13+,14-/m0/s1. The molecule has 4 aliphatic rings. The summed E-state index contributed by atoms with van der Waals surface area (Å²) in [6.45, 7) is 2.24. The number of aliphatic hydroxyl groups is 1. The fourth-order valence-electron chi connectivity index (χ4n) is 4.60. The van der Waals surface area contributed by atoms with Crippen molar-refractivity contribution in [3.8, 4) is 0 Å². The summed E-state index contributed by atoms with van der Waals surface area (Å²) in [5.74, 6) is 0.780. The van der Waals surface area contributed by atoms with Crippen molar-refractivity contribution in [1.29, 1.82) is 0 Å². The smallest absolute Gasteiger partial charge is 0.233 e. The molecular formula is C15H22N2O2. The van der Waals surface area contributed by atoms with E-state index in [0.717, 1.165) is 38.0 Å². The highest BCUT2D eigenvalue weighted by atomic mass is 16.3. The molecule has 4 atom stereocenters. The molecule has 0 aromatic heterocycles. The third-order valence-corrected chi connectivity index (χ3v) is 5.45. The number of carbonyl (C=O) groups is 1. The predicted octanol–water partition coefficient (Wildman–Crippen LogP) is 1.32. The number of allylic oxidation sites excluding steroid dienone is 1. The lowest BCUT2D eigenvalue weighted by Crippen LogP contribution is -2.62. The molecule has 4 rings (SSSR count). The number of carbonyl (C=O) groups excluding carboxylic acids is 1. The number of aliphatic hydroxyl groups excluding tert-OH is 1. The average molecular weight is 262 g/mol. The van der Waals surface area contributed by atoms with Gasteiger partial charge >= 0.3 is 0 Å². The molecule has 4 heteroatoms. The largest absolute Gasteiger partial charge is 0.373 e. The van der Waals surface area contributed by atoms with Crippen LogP contribution in [0.2, 0.25) is 0 Å². The summed E-state index contributed by atoms with van der Waals surface area (Å²) in [5.41, 5.74) is 1.11. The lowest BCUT2D eigenvalue weighted by Gasteiger charge is -2.54. The maximum absolute atomic E-state index is 12.7. The Morgan fingerprint density at radius 2 is 2.16 bits per heavy atom. The Labute approximate surface area is 114 Å². The van der Waals surface area contributed by atoms with Crippen LogP contribution >= 0.6 is 0 Å². The van der Waals surface area contributed by atoms with E-state index in [9.17, 15) is 9.90 Å². The monoisotopic (exact) mass is 262 g/mol. The Morgan fingerprint density at radius 1 is 1.26 bits per heavy atom. The molecule has 19 heavy (non-hydrogen) atoms. The van der Waals surface area contributed by atoms with Crippen molar-refractivity contribution in [2.24, 2.45) is 11.8 Å². The van der Waals surface area contributed by atoms with E-state index in [1.807, 2.05) is 0 Å². The van der Waals surface area contributed by atoms with Gasteiger partial charge in [0.15, 0.2) is 0 Å². The van der Waals surface area contributed by atoms with E-state index < -0.39 is 6.23 Å². The van der Waals surface area contributed by atoms with Crippen molar-refractivity contribution in [1.82, 2.24) is 9.80 Å². The lowest BCUT2D eigenvalue weighted by atomic mass is 9.73. The Morgan fingerprint density at radius 3 is 3.05 bits per heavy atom. The Hall–Kier alpha value is -0.870. The minimum atomic E-state index is -0.576. The van der Waals surface area contributed by atoms with Gasteiger partial charge in [0.2, 0.25) is 5.91 Å². The number of hydrogen-bond donors (Lipinski definition) is 1. The van der Waals surface area contributed by atoms with Gasteiger partial charge in [0.05, 0.1) is 5.92 Å². The number of amides is 1. The topological polar surface area (TPSA) is 43.8 Å². The van der Waals surface area contributed by atoms with Crippen LogP contribution in [0.3, 0.4) is 0 Å². The molecule has 0 saturated carbocycles. The van der Waals surface area contributed by atoms with Gasteiger partial charge in [-0.25, -0.2) is 0 Å². The zero-order chi connectivity index (χ0) is 13.0. The zero-order valence-corrected chi connectivity index (χ0v) is 11.3. The Bertz CT molecular complexity index is 434. The first-order valence-corrected chi connectivity index (χ1v) is 7.71. The summed E-state index contributed by atoms with van der Waals surface area (Å²) < 4.78 is 0. The van der Waals surface area contributed by atoms with Crippen molar-refractivity contribution in [3.05, 3.63) is 11.8 Å². The molecule has 3 saturated heterocycles. The van der Waals surface area contributed by atoms with Crippen LogP contribution in [0.15, 0.2) is 11.8 Å². The molecule has 104 valence electrons. The second kappa shape index (κ2) is 4.32. The SMILES string of the molecule is O=C1[C@@H]2C[C@@H](CN3CCCC[C@H]23)C2=CCC[C@H](O)N12. The first-order valence-electron chi connectivity index (χ1n) is 7.71. The van der Waals surface area contributed by atoms with Gasteiger partial charge in [-0.15, -0.1) is 0 Å². The molecule has 1 N–H and O–H groups in total. The summed E-state index contributed by atoms with van der Waals surface area (Å²) in [6.07, 6.45) is 7.91. The number of nitrogens with zero attached hydrogens (tertiary/aromatic N) is 2. The minimum Gasteiger partial charge on any atom is -0.373 e. The summed E-state index contributed by atoms with van der Waals surface area (Å²) >= 11 is 0. The second-order valence-electron chi connectivity index (χ2n) is 6.49. The van der Waals surface area contributed by atoms with Gasteiger partial charge in [-0.05, 0) is 38.6 Å². The molecule has 0 spiro atoms. The maximum atomic E-state index is 12.7. The summed E-state index contributed by atoms with van der Waals surface area (Å²) in [6, 6.07) is 0.438. The van der Waals surface area contributed by atoms with Crippen molar-refractivity contribution >= 4 is 5.91 Å². The number of hydrogen-bond acceptors (Lipinski definition) is 3. The zero-order valence-electron chi connectivity index (χ0n) is 11.3. The van der Waals surface area contributed by atoms with Crippen molar-refractivity contribution < 1.29 is 9.90 Å². The van der Waals surface area contributed by atoms with Gasteiger partial charge < -0.3 is 5.11 Å². The molecule has 0 aromatic carbocycles. The maximum Gasteiger partial charge on any atom is 0.233 e. The number of fused-ring (bicyclic) bond motifs is 6. The molecule has 2 bridgehead atoms. The fourth-order valence-corrected chi connectivity index (χ4v) is 4.60. The number of rotatable bonds is 0. The van der Waals surface area contributed by atoms with E-state index in [4.69, 9.17) is 0 Å². The van der Waals surface area contributed by atoms with Gasteiger partial charge in [0.25, 0.3) is 0 Å². The third kappa shape index (κ3) is 1.69. The minimum absolute atomic E-state index is 0.129. The summed E-state index contributed by atoms with van der Waals surface area (Å²) in [4.78, 5) is 17.0. The van der Waals surface area contributed by atoms with Gasteiger partial charge in [0.1, 0.15) is 6.23 Å². The van der Waals surface area contributed by atoms with Crippen LogP contribution < -0.4 is 0 Å². The van der Waals surface area contributed by atoms with Gasteiger partial charge in [-0.3, -0.25) is 14.6 Å². The van der Waals surface area contributed by atoms with E-state index in [1.165, 1.54) is 12.8 Å². The molecule has 3 fully saturated rings. The van der Waals surface area contributed by atoms with E-state index in [2.05, 4.69) is 11.0 Å². The van der Waals surface area contributed by atoms with Crippen LogP contribution in [0, 0.1) is 11.8 Å². The fraction of sp³-hybridized carbons (Fsp3) is 0.800. The Balaban J connectivity index is 1.70. The number of piperidine rings is 3. The molecule has 4 nitrogen and oxygen atoms in total. The van der Waals surface area contributed by atoms with E-state index in [1.54, 1.807) is 4.90 Å². The van der Waals surface area contributed by atoms with E-state index in [-0.39, 0.29) is 11.8 Å². The van der Waals surface area contributed by atoms with Crippen LogP contribution in [0.1, 0.15) is 38.5 Å². The molecule has 4 aliphatic heterocycles. The molecular weight excluding hydrogens is 240 g/mol. The normalized spacial score (nSPS) is 42.5. The quantitative estimate of drug-likeness (QED) is 0.716. The van der Waals surface area contributed by atoms with Gasteiger partial charge in [-0.1, -0.05) is 12.5 Å². The van der Waals surface area contributed by atoms with Gasteiger partial charge in [-0.2, -0.15) is 0 Å². The van der Waals surface area contributed by atoms with Crippen LogP contribution in [0.4, 0.5) is 0 Å². The van der Waals surface area contributed by atoms with Crippen LogP contribution in [-0.4, -0.2) is 46.2 Å². The average Bonchev–Trinajstić information content (AvgIpc) is 2.44. The van der Waals surface area contributed by atoms with Crippen LogP contribution in [0.5, 0.6) is 0 Å². The first kappa shape index (κ1) is 11.9. The van der Waals surface area contributed by atoms with E-state index >= 15 is 0 Å². The molecule has 1 amide bonds. The van der Waals surface area contributed by atoms with Gasteiger partial charge in [0, 0.05) is 24.2 Å². The molecule has 0 unspecified atom stereocenters. The highest BCUT2D eigenvalue weighted by Crippen LogP contribution is 2.44. The molecule has 4 heterocycles. The Kier molecular flexibility index (Phi) is 2.71. The van der Waals surface area contributed by atoms with Crippen LogP contribution in [-0.2, 0) is 4.79 Å². The third-order valence-electron chi connectivity index (χ3n) is 5.45. The molecule has 0 radical (unpaired) electrons. The summed E-state index contributed by atoms with van der Waals surface area (Å²) in [5, 5.41) is 10.2. The predicted molar refractivity (Wildman–Crippen MR) is 71.0 cm³/mol. The van der Waals surface area contributed by atoms with Crippen molar-refractivity contribution in [2.75, 3.05) is 13.1 Å². The lowest BCUT2D eigenvalue weighted by molar-refractivity contribution is -0.157. The van der Waals surface area contributed by atoms with Crippen molar-refractivity contribution in [3.63, 3.8) is 0 Å². The van der Waals surface area contributed by atoms with E-state index in [0.29, 0.717) is 18.4 Å². The second-order valence-corrected chi connectivity index (χ2v) is 6.49. The molecule has 0 aromatic rings. The summed E-state index contributed by atoms with van der Waals surface area (Å²) in [7, 11) is 0.